The second-order valence-corrected chi connectivity index (χ2v) is 12.8. The Kier molecular flexibility index (Phi) is 8.56. The van der Waals surface area contributed by atoms with Crippen molar-refractivity contribution in [3.63, 3.8) is 0 Å². The van der Waals surface area contributed by atoms with Gasteiger partial charge in [-0.15, -0.1) is 0 Å². The van der Waals surface area contributed by atoms with Gasteiger partial charge in [-0.05, 0) is 104 Å². The van der Waals surface area contributed by atoms with Gasteiger partial charge in [0.15, 0.2) is 0 Å². The van der Waals surface area contributed by atoms with Gasteiger partial charge in [0.05, 0.1) is 4.75 Å². The average molecular weight is 452 g/mol. The fraction of sp³-hybridized carbons (Fsp3) is 0.708. The van der Waals surface area contributed by atoms with E-state index in [1.807, 2.05) is 56.9 Å². The Morgan fingerprint density at radius 1 is 1.00 bits per heavy atom. The topological polar surface area (TPSA) is 78.5 Å². The minimum atomic E-state index is -3.30. The van der Waals surface area contributed by atoms with Crippen LogP contribution in [0.2, 0.25) is 0 Å². The monoisotopic (exact) mass is 451 g/mol. The van der Waals surface area contributed by atoms with Crippen molar-refractivity contribution in [2.75, 3.05) is 11.9 Å². The van der Waals surface area contributed by atoms with E-state index in [0.29, 0.717) is 11.5 Å². The molecule has 0 aliphatic heterocycles. The van der Waals surface area contributed by atoms with Gasteiger partial charge in [-0.25, -0.2) is 13.1 Å². The molecule has 1 amide bonds. The number of sulfonamides is 1. The molecule has 1 aliphatic carbocycles. The molecule has 0 unspecified atom stereocenters. The van der Waals surface area contributed by atoms with Crippen LogP contribution in [0, 0.1) is 5.92 Å². The summed E-state index contributed by atoms with van der Waals surface area (Å²) in [5.74, 6) is 0.585. The van der Waals surface area contributed by atoms with Crippen LogP contribution in [-0.4, -0.2) is 48.6 Å². The minimum absolute atomic E-state index is 0.0376. The first-order valence-corrected chi connectivity index (χ1v) is 13.0. The molecule has 0 bridgehead atoms. The van der Waals surface area contributed by atoms with E-state index in [4.69, 9.17) is 0 Å². The van der Waals surface area contributed by atoms with Crippen LogP contribution in [0.25, 0.3) is 0 Å². The number of amides is 1. The standard InChI is InChI=1S/C24H41N3O3S/c1-17(2)27(18(3)4)23(28)20-10-14-21(15-11-20)25-16-19-8-12-22(13-9-19)26-31(29,30)24(5,6)7/h10-11,14-15,17-19,22,25-26H,8-9,12-13,16H2,1-7H3/t19-,22-. The highest BCUT2D eigenvalue weighted by Crippen LogP contribution is 2.27. The smallest absolute Gasteiger partial charge is 0.254 e. The summed E-state index contributed by atoms with van der Waals surface area (Å²) in [5, 5.41) is 3.48. The third-order valence-electron chi connectivity index (χ3n) is 6.05. The summed E-state index contributed by atoms with van der Waals surface area (Å²) >= 11 is 0. The average Bonchev–Trinajstić information content (AvgIpc) is 2.66. The Balaban J connectivity index is 1.84. The lowest BCUT2D eigenvalue weighted by atomic mass is 9.86. The van der Waals surface area contributed by atoms with E-state index in [1.165, 1.54) is 0 Å². The molecule has 6 nitrogen and oxygen atoms in total. The predicted octanol–water partition coefficient (Wildman–Crippen LogP) is 4.63. The number of nitrogens with zero attached hydrogens (tertiary/aromatic N) is 1. The van der Waals surface area contributed by atoms with Crippen LogP contribution in [0.4, 0.5) is 5.69 Å². The predicted molar refractivity (Wildman–Crippen MR) is 129 cm³/mol. The largest absolute Gasteiger partial charge is 0.385 e. The van der Waals surface area contributed by atoms with Crippen molar-refractivity contribution in [2.24, 2.45) is 5.92 Å². The molecule has 0 radical (unpaired) electrons. The van der Waals surface area contributed by atoms with Crippen LogP contribution in [0.5, 0.6) is 0 Å². The second kappa shape index (κ2) is 10.3. The van der Waals surface area contributed by atoms with Crippen LogP contribution in [0.15, 0.2) is 24.3 Å². The van der Waals surface area contributed by atoms with Gasteiger partial charge >= 0.3 is 0 Å². The van der Waals surface area contributed by atoms with Gasteiger partial charge < -0.3 is 10.2 Å². The fourth-order valence-electron chi connectivity index (χ4n) is 4.09. The van der Waals surface area contributed by atoms with Crippen LogP contribution in [-0.2, 0) is 10.0 Å². The molecule has 1 saturated carbocycles. The van der Waals surface area contributed by atoms with Crippen molar-refractivity contribution in [3.05, 3.63) is 29.8 Å². The minimum Gasteiger partial charge on any atom is -0.385 e. The van der Waals surface area contributed by atoms with Crippen molar-refractivity contribution in [1.82, 2.24) is 9.62 Å². The summed E-state index contributed by atoms with van der Waals surface area (Å²) in [7, 11) is -3.30. The molecule has 31 heavy (non-hydrogen) atoms. The number of hydrogen-bond acceptors (Lipinski definition) is 4. The first-order chi connectivity index (χ1) is 14.3. The Labute approximate surface area is 189 Å². The third kappa shape index (κ3) is 6.94. The first-order valence-electron chi connectivity index (χ1n) is 11.5. The molecule has 1 fully saturated rings. The molecule has 1 aliphatic rings. The summed E-state index contributed by atoms with van der Waals surface area (Å²) in [6.45, 7) is 14.2. The van der Waals surface area contributed by atoms with E-state index in [9.17, 15) is 13.2 Å². The Morgan fingerprint density at radius 3 is 1.97 bits per heavy atom. The van der Waals surface area contributed by atoms with E-state index in [0.717, 1.165) is 37.9 Å². The number of carbonyl (C=O) groups is 1. The Bertz CT molecular complexity index is 811. The molecule has 1 aromatic carbocycles. The van der Waals surface area contributed by atoms with Gasteiger partial charge in [-0.3, -0.25) is 4.79 Å². The highest BCUT2D eigenvalue weighted by molar-refractivity contribution is 7.90. The van der Waals surface area contributed by atoms with E-state index >= 15 is 0 Å². The zero-order chi connectivity index (χ0) is 23.4. The fourth-order valence-corrected chi connectivity index (χ4v) is 5.12. The lowest BCUT2D eigenvalue weighted by Gasteiger charge is -2.31. The number of rotatable bonds is 8. The number of hydrogen-bond donors (Lipinski definition) is 2. The van der Waals surface area contributed by atoms with Crippen molar-refractivity contribution in [3.8, 4) is 0 Å². The molecule has 0 atom stereocenters. The lowest BCUT2D eigenvalue weighted by molar-refractivity contribution is 0.0643. The van der Waals surface area contributed by atoms with Crippen LogP contribution < -0.4 is 10.0 Å². The van der Waals surface area contributed by atoms with Crippen LogP contribution in [0.3, 0.4) is 0 Å². The molecule has 2 N–H and O–H groups in total. The quantitative estimate of drug-likeness (QED) is 0.604. The SMILES string of the molecule is CC(C)N(C(=O)c1ccc(NC[C@H]2CC[C@H](NS(=O)(=O)C(C)(C)C)CC2)cc1)C(C)C. The molecule has 0 heterocycles. The van der Waals surface area contributed by atoms with E-state index in [2.05, 4.69) is 10.0 Å². The summed E-state index contributed by atoms with van der Waals surface area (Å²) in [5.41, 5.74) is 1.72. The molecule has 0 saturated heterocycles. The van der Waals surface area contributed by atoms with Gasteiger partial charge in [-0.1, -0.05) is 0 Å². The first kappa shape index (κ1) is 25.7. The molecule has 7 heteroatoms. The number of anilines is 1. The molecule has 1 aromatic rings. The highest BCUT2D eigenvalue weighted by Gasteiger charge is 2.32. The van der Waals surface area contributed by atoms with E-state index in [1.54, 1.807) is 20.8 Å². The van der Waals surface area contributed by atoms with Gasteiger partial charge in [0.25, 0.3) is 5.91 Å². The maximum absolute atomic E-state index is 12.8. The molecule has 176 valence electrons. The summed E-state index contributed by atoms with van der Waals surface area (Å²) < 4.78 is 26.8. The highest BCUT2D eigenvalue weighted by atomic mass is 32.2. The molecule has 0 spiro atoms. The maximum Gasteiger partial charge on any atom is 0.254 e. The summed E-state index contributed by atoms with van der Waals surface area (Å²) in [4.78, 5) is 14.7. The third-order valence-corrected chi connectivity index (χ3v) is 8.30. The van der Waals surface area contributed by atoms with Gasteiger partial charge in [-0.2, -0.15) is 0 Å². The molecule has 0 aromatic heterocycles. The summed E-state index contributed by atoms with van der Waals surface area (Å²) in [6, 6.07) is 8.07. The second-order valence-electron chi connectivity index (χ2n) is 10.3. The molecular formula is C24H41N3O3S. The van der Waals surface area contributed by atoms with Crippen molar-refractivity contribution >= 4 is 21.6 Å². The van der Waals surface area contributed by atoms with Gasteiger partial charge in [0.2, 0.25) is 10.0 Å². The lowest BCUT2D eigenvalue weighted by Crippen LogP contribution is -2.46. The Hall–Kier alpha value is -1.60. The number of nitrogens with one attached hydrogen (secondary N) is 2. The summed E-state index contributed by atoms with van der Waals surface area (Å²) in [6.07, 6.45) is 3.74. The maximum atomic E-state index is 12.8. The number of carbonyl (C=O) groups excluding carboxylic acids is 1. The number of benzene rings is 1. The van der Waals surface area contributed by atoms with Crippen molar-refractivity contribution < 1.29 is 13.2 Å². The van der Waals surface area contributed by atoms with E-state index < -0.39 is 14.8 Å². The molecule has 2 rings (SSSR count). The Morgan fingerprint density at radius 2 is 1.52 bits per heavy atom. The van der Waals surface area contributed by atoms with Gasteiger partial charge in [0.1, 0.15) is 0 Å². The normalized spacial score (nSPS) is 20.2. The molecular weight excluding hydrogens is 410 g/mol. The van der Waals surface area contributed by atoms with Crippen LogP contribution in [0.1, 0.15) is 84.5 Å². The van der Waals surface area contributed by atoms with Crippen molar-refractivity contribution in [1.29, 1.82) is 0 Å². The van der Waals surface area contributed by atoms with Crippen LogP contribution >= 0.6 is 0 Å². The zero-order valence-electron chi connectivity index (χ0n) is 20.2. The van der Waals surface area contributed by atoms with E-state index in [-0.39, 0.29) is 24.0 Å². The van der Waals surface area contributed by atoms with Crippen molar-refractivity contribution in [2.45, 2.75) is 97.0 Å². The van der Waals surface area contributed by atoms with Gasteiger partial charge in [0, 0.05) is 35.9 Å². The zero-order valence-corrected chi connectivity index (χ0v) is 21.1.